The largest absolute Gasteiger partial charge is 0.466 e. The SMILES string of the molecule is CCCCCCCCCCCCCCCCCCCCCCCC/C=C/C(O)C(CO)NC(=O)CCCCC/C=C\CCCCCCCCOC(=O)CCCCCCCCCCCCCCCCC. The smallest absolute Gasteiger partial charge is 0.305 e. The summed E-state index contributed by atoms with van der Waals surface area (Å²) in [6.07, 6.45) is 72.2. The zero-order valence-electron chi connectivity index (χ0n) is 46.6. The molecule has 2 unspecified atom stereocenters. The van der Waals surface area contributed by atoms with Crippen LogP contribution in [0.15, 0.2) is 24.3 Å². The van der Waals surface area contributed by atoms with Gasteiger partial charge in [0, 0.05) is 12.8 Å². The van der Waals surface area contributed by atoms with E-state index in [1.807, 2.05) is 6.08 Å². The predicted molar refractivity (Wildman–Crippen MR) is 301 cm³/mol. The molecule has 6 nitrogen and oxygen atoms in total. The maximum absolute atomic E-state index is 12.5. The third kappa shape index (κ3) is 55.5. The summed E-state index contributed by atoms with van der Waals surface area (Å²) in [6, 6.07) is -0.649. The quantitative estimate of drug-likeness (QED) is 0.0321. The molecule has 0 saturated carbocycles. The number of esters is 1. The molecule has 0 aromatic heterocycles. The normalized spacial score (nSPS) is 12.7. The molecule has 0 aromatic carbocycles. The van der Waals surface area contributed by atoms with E-state index in [1.54, 1.807) is 6.08 Å². The molecule has 2 atom stereocenters. The molecule has 0 aromatic rings. The first kappa shape index (κ1) is 67.3. The van der Waals surface area contributed by atoms with E-state index in [1.165, 1.54) is 244 Å². The van der Waals surface area contributed by atoms with Crippen LogP contribution in [0.1, 0.15) is 341 Å². The zero-order valence-corrected chi connectivity index (χ0v) is 46.6. The highest BCUT2D eigenvalue weighted by Gasteiger charge is 2.18. The maximum Gasteiger partial charge on any atom is 0.305 e. The van der Waals surface area contributed by atoms with Crippen molar-refractivity contribution in [2.24, 2.45) is 0 Å². The van der Waals surface area contributed by atoms with Gasteiger partial charge in [0.25, 0.3) is 0 Å². The summed E-state index contributed by atoms with van der Waals surface area (Å²) < 4.78 is 5.47. The Labute approximate surface area is 431 Å². The lowest BCUT2D eigenvalue weighted by atomic mass is 10.0. The van der Waals surface area contributed by atoms with Crippen LogP contribution in [0.4, 0.5) is 0 Å². The Morgan fingerprint density at radius 1 is 0.391 bits per heavy atom. The van der Waals surface area contributed by atoms with Gasteiger partial charge in [0.1, 0.15) is 0 Å². The number of amides is 1. The van der Waals surface area contributed by atoms with Crippen molar-refractivity contribution >= 4 is 11.9 Å². The molecule has 0 rings (SSSR count). The number of hydrogen-bond acceptors (Lipinski definition) is 5. The van der Waals surface area contributed by atoms with Gasteiger partial charge in [-0.1, -0.05) is 295 Å². The van der Waals surface area contributed by atoms with Gasteiger partial charge in [-0.25, -0.2) is 0 Å². The summed E-state index contributed by atoms with van der Waals surface area (Å²) in [4.78, 5) is 24.6. The van der Waals surface area contributed by atoms with E-state index in [-0.39, 0.29) is 18.5 Å². The summed E-state index contributed by atoms with van der Waals surface area (Å²) >= 11 is 0. The average molecular weight is 973 g/mol. The highest BCUT2D eigenvalue weighted by atomic mass is 16.5. The lowest BCUT2D eigenvalue weighted by Crippen LogP contribution is -2.45. The van der Waals surface area contributed by atoms with Gasteiger partial charge in [0.15, 0.2) is 0 Å². The fraction of sp³-hybridized carbons (Fsp3) is 0.905. The van der Waals surface area contributed by atoms with Crippen molar-refractivity contribution in [3.05, 3.63) is 24.3 Å². The van der Waals surface area contributed by atoms with E-state index in [0.717, 1.165) is 70.6 Å². The van der Waals surface area contributed by atoms with Crippen LogP contribution >= 0.6 is 0 Å². The Kier molecular flexibility index (Phi) is 57.5. The van der Waals surface area contributed by atoms with Crippen molar-refractivity contribution < 1.29 is 24.5 Å². The van der Waals surface area contributed by atoms with Crippen molar-refractivity contribution in [1.29, 1.82) is 0 Å². The molecule has 0 heterocycles. The number of nitrogens with one attached hydrogen (secondary N) is 1. The monoisotopic (exact) mass is 972 g/mol. The van der Waals surface area contributed by atoms with Gasteiger partial charge in [-0.05, 0) is 57.8 Å². The molecule has 0 fully saturated rings. The van der Waals surface area contributed by atoms with E-state index >= 15 is 0 Å². The molecule has 0 aliphatic heterocycles. The summed E-state index contributed by atoms with van der Waals surface area (Å²) in [6.45, 7) is 4.89. The minimum Gasteiger partial charge on any atom is -0.466 e. The molecule has 0 aliphatic rings. The third-order valence-electron chi connectivity index (χ3n) is 14.5. The fourth-order valence-corrected chi connectivity index (χ4v) is 9.69. The first-order chi connectivity index (χ1) is 34.0. The van der Waals surface area contributed by atoms with Crippen LogP contribution in [0.3, 0.4) is 0 Å². The molecular weight excluding hydrogens is 851 g/mol. The first-order valence-electron chi connectivity index (χ1n) is 31.1. The molecule has 1 amide bonds. The number of rotatable bonds is 58. The second-order valence-electron chi connectivity index (χ2n) is 21.4. The van der Waals surface area contributed by atoms with Gasteiger partial charge in [0.2, 0.25) is 5.91 Å². The van der Waals surface area contributed by atoms with Crippen LogP contribution < -0.4 is 5.32 Å². The van der Waals surface area contributed by atoms with Crippen LogP contribution in [0.25, 0.3) is 0 Å². The summed E-state index contributed by atoms with van der Waals surface area (Å²) in [7, 11) is 0. The lowest BCUT2D eigenvalue weighted by Gasteiger charge is -2.19. The molecule has 0 radical (unpaired) electrons. The van der Waals surface area contributed by atoms with Gasteiger partial charge in [0.05, 0.1) is 25.4 Å². The maximum atomic E-state index is 12.5. The number of aliphatic hydroxyl groups excluding tert-OH is 2. The Hall–Kier alpha value is -1.66. The molecular formula is C63H121NO5. The molecule has 69 heavy (non-hydrogen) atoms. The number of ether oxygens (including phenoxy) is 1. The van der Waals surface area contributed by atoms with Gasteiger partial charge < -0.3 is 20.3 Å². The van der Waals surface area contributed by atoms with Crippen molar-refractivity contribution in [3.63, 3.8) is 0 Å². The van der Waals surface area contributed by atoms with Gasteiger partial charge in [-0.2, -0.15) is 0 Å². The minimum absolute atomic E-state index is 0.0103. The molecule has 0 spiro atoms. The lowest BCUT2D eigenvalue weighted by molar-refractivity contribution is -0.143. The fourth-order valence-electron chi connectivity index (χ4n) is 9.69. The Morgan fingerprint density at radius 2 is 0.681 bits per heavy atom. The second kappa shape index (κ2) is 58.9. The number of aliphatic hydroxyl groups is 2. The van der Waals surface area contributed by atoms with Crippen LogP contribution in [0.5, 0.6) is 0 Å². The van der Waals surface area contributed by atoms with Crippen molar-refractivity contribution in [1.82, 2.24) is 5.32 Å². The number of carbonyl (C=O) groups excluding carboxylic acids is 2. The number of allylic oxidation sites excluding steroid dienone is 3. The number of unbranched alkanes of at least 4 members (excludes halogenated alkanes) is 45. The van der Waals surface area contributed by atoms with Crippen LogP contribution in [0.2, 0.25) is 0 Å². The van der Waals surface area contributed by atoms with E-state index in [0.29, 0.717) is 19.4 Å². The Balaban J connectivity index is 3.50. The second-order valence-corrected chi connectivity index (χ2v) is 21.4. The first-order valence-corrected chi connectivity index (χ1v) is 31.1. The van der Waals surface area contributed by atoms with Gasteiger partial charge in [-0.3, -0.25) is 9.59 Å². The summed E-state index contributed by atoms with van der Waals surface area (Å²) in [5.74, 6) is -0.105. The van der Waals surface area contributed by atoms with Crippen molar-refractivity contribution in [3.8, 4) is 0 Å². The third-order valence-corrected chi connectivity index (χ3v) is 14.5. The van der Waals surface area contributed by atoms with Crippen LogP contribution in [-0.4, -0.2) is 47.4 Å². The van der Waals surface area contributed by atoms with E-state index in [4.69, 9.17) is 4.74 Å². The zero-order chi connectivity index (χ0) is 50.0. The van der Waals surface area contributed by atoms with Crippen molar-refractivity contribution in [2.75, 3.05) is 13.2 Å². The highest BCUT2D eigenvalue weighted by molar-refractivity contribution is 5.76. The van der Waals surface area contributed by atoms with Gasteiger partial charge >= 0.3 is 5.97 Å². The minimum atomic E-state index is -0.862. The van der Waals surface area contributed by atoms with E-state index in [9.17, 15) is 19.8 Å². The van der Waals surface area contributed by atoms with Gasteiger partial charge in [-0.15, -0.1) is 0 Å². The van der Waals surface area contributed by atoms with Crippen molar-refractivity contribution in [2.45, 2.75) is 353 Å². The Morgan fingerprint density at radius 3 is 1.04 bits per heavy atom. The average Bonchev–Trinajstić information content (AvgIpc) is 3.35. The number of carbonyl (C=O) groups is 2. The summed E-state index contributed by atoms with van der Waals surface area (Å²) in [5, 5.41) is 23.2. The molecule has 0 saturated heterocycles. The van der Waals surface area contributed by atoms with E-state index in [2.05, 4.69) is 31.3 Å². The standard InChI is InChI=1S/C63H121NO5/c1-3-5-7-9-11-13-15-17-19-20-21-22-23-24-25-26-27-29-31-35-39-43-47-51-55-61(66)60(59-65)64-62(67)56-52-48-44-40-36-32-30-34-38-42-46-50-54-58-69-63(68)57-53-49-45-41-37-33-28-18-16-14-12-10-8-6-4-2/h32,36,51,55,60-61,65-66H,3-31,33-35,37-50,52-54,56-59H2,1-2H3,(H,64,67)/b36-32-,55-51+. The predicted octanol–water partition coefficient (Wildman–Crippen LogP) is 19.4. The molecule has 408 valence electrons. The molecule has 0 bridgehead atoms. The number of hydrogen-bond donors (Lipinski definition) is 3. The summed E-state index contributed by atoms with van der Waals surface area (Å²) in [5.41, 5.74) is 0. The highest BCUT2D eigenvalue weighted by Crippen LogP contribution is 2.18. The molecule has 6 heteroatoms. The topological polar surface area (TPSA) is 95.9 Å². The molecule has 0 aliphatic carbocycles. The molecule has 3 N–H and O–H groups in total. The van der Waals surface area contributed by atoms with E-state index < -0.39 is 12.1 Å². The van der Waals surface area contributed by atoms with Crippen LogP contribution in [-0.2, 0) is 14.3 Å². The van der Waals surface area contributed by atoms with Crippen LogP contribution in [0, 0.1) is 0 Å². The Bertz CT molecular complexity index is 1080.